The molecule has 0 spiro atoms. The predicted molar refractivity (Wildman–Crippen MR) is 60.5 cm³/mol. The first-order valence-corrected chi connectivity index (χ1v) is 8.33. The summed E-state index contributed by atoms with van der Waals surface area (Å²) in [6, 6.07) is 2.12. The van der Waals surface area contributed by atoms with Crippen LogP contribution in [0, 0.1) is 11.3 Å². The largest absolute Gasteiger partial charge is 0.402 e. The zero-order chi connectivity index (χ0) is 11.6. The minimum Gasteiger partial charge on any atom is -0.402 e. The van der Waals surface area contributed by atoms with Crippen LogP contribution < -0.4 is 0 Å². The number of hydrogen-bond acceptors (Lipinski definition) is 3. The molecule has 0 aromatic rings. The molecule has 0 fully saturated rings. The first-order chi connectivity index (χ1) is 6.41. The Kier molecular flexibility index (Phi) is 10.1. The summed E-state index contributed by atoms with van der Waals surface area (Å²) in [4.78, 5) is 9.17. The Morgan fingerprint density at radius 2 is 1.86 bits per heavy atom. The van der Waals surface area contributed by atoms with Crippen LogP contribution in [0.15, 0.2) is 0 Å². The van der Waals surface area contributed by atoms with Crippen LogP contribution >= 0.6 is 0 Å². The number of nitrogens with zero attached hydrogens (tertiary/aromatic N) is 1. The summed E-state index contributed by atoms with van der Waals surface area (Å²) in [6.07, 6.45) is 2.12. The van der Waals surface area contributed by atoms with E-state index in [9.17, 15) is 4.79 Å². The van der Waals surface area contributed by atoms with Gasteiger partial charge >= 0.3 is 0 Å². The molecule has 1 unspecified atom stereocenters. The average molecular weight is 215 g/mol. The SMILES string of the molecule is CCC(C#N)O[Si](C)(C)C.CCC=O. The van der Waals surface area contributed by atoms with Crippen LogP contribution in [0.25, 0.3) is 0 Å². The van der Waals surface area contributed by atoms with Crippen LogP contribution in [0.4, 0.5) is 0 Å². The van der Waals surface area contributed by atoms with Crippen LogP contribution in [-0.4, -0.2) is 20.7 Å². The van der Waals surface area contributed by atoms with Gasteiger partial charge in [-0.05, 0) is 26.1 Å². The van der Waals surface area contributed by atoms with Gasteiger partial charge in [0.25, 0.3) is 0 Å². The highest BCUT2D eigenvalue weighted by Crippen LogP contribution is 2.08. The lowest BCUT2D eigenvalue weighted by atomic mass is 10.3. The Labute approximate surface area is 88.2 Å². The van der Waals surface area contributed by atoms with Gasteiger partial charge in [-0.2, -0.15) is 5.26 Å². The number of aldehydes is 1. The molecule has 14 heavy (non-hydrogen) atoms. The Bertz CT molecular complexity index is 182. The van der Waals surface area contributed by atoms with Crippen LogP contribution in [-0.2, 0) is 9.22 Å². The predicted octanol–water partition coefficient (Wildman–Crippen LogP) is 2.74. The lowest BCUT2D eigenvalue weighted by Crippen LogP contribution is -2.30. The molecule has 3 nitrogen and oxygen atoms in total. The zero-order valence-electron chi connectivity index (χ0n) is 9.83. The third kappa shape index (κ3) is 13.9. The fourth-order valence-corrected chi connectivity index (χ4v) is 1.70. The maximum atomic E-state index is 9.17. The van der Waals surface area contributed by atoms with Gasteiger partial charge in [0.05, 0.1) is 6.07 Å². The standard InChI is InChI=1S/C7H15NOSi.C3H6O/c1-5-7(6-8)9-10(2,3)4;1-2-3-4/h7H,5H2,1-4H3;3H,2H2,1H3. The normalized spacial score (nSPS) is 12.0. The molecule has 0 N–H and O–H groups in total. The summed E-state index contributed by atoms with van der Waals surface area (Å²) in [7, 11) is -1.48. The first kappa shape index (κ1) is 15.8. The van der Waals surface area contributed by atoms with Gasteiger partial charge < -0.3 is 9.22 Å². The fourth-order valence-electron chi connectivity index (χ4n) is 0.628. The highest BCUT2D eigenvalue weighted by molar-refractivity contribution is 6.69. The highest BCUT2D eigenvalue weighted by Gasteiger charge is 2.18. The van der Waals surface area contributed by atoms with E-state index in [0.717, 1.165) is 12.7 Å². The van der Waals surface area contributed by atoms with Crippen molar-refractivity contribution >= 4 is 14.6 Å². The van der Waals surface area contributed by atoms with Gasteiger partial charge in [0.1, 0.15) is 12.4 Å². The van der Waals surface area contributed by atoms with Crippen molar-refractivity contribution in [3.8, 4) is 6.07 Å². The molecule has 1 atom stereocenters. The van der Waals surface area contributed by atoms with Crippen molar-refractivity contribution in [2.24, 2.45) is 0 Å². The third-order valence-corrected chi connectivity index (χ3v) is 2.17. The number of hydrogen-bond donors (Lipinski definition) is 0. The monoisotopic (exact) mass is 215 g/mol. The van der Waals surface area contributed by atoms with Gasteiger partial charge in [0.2, 0.25) is 0 Å². The van der Waals surface area contributed by atoms with Crippen LogP contribution in [0.5, 0.6) is 0 Å². The van der Waals surface area contributed by atoms with Crippen molar-refractivity contribution < 1.29 is 9.22 Å². The van der Waals surface area contributed by atoms with E-state index >= 15 is 0 Å². The van der Waals surface area contributed by atoms with E-state index in [1.165, 1.54) is 0 Å². The minimum atomic E-state index is -1.48. The van der Waals surface area contributed by atoms with Crippen molar-refractivity contribution in [3.05, 3.63) is 0 Å². The van der Waals surface area contributed by atoms with E-state index in [1.807, 2.05) is 13.8 Å². The summed E-state index contributed by atoms with van der Waals surface area (Å²) in [5.74, 6) is 0. The minimum absolute atomic E-state index is 0.188. The van der Waals surface area contributed by atoms with E-state index in [2.05, 4.69) is 25.7 Å². The molecular formula is C10H21NO2Si. The molecule has 0 radical (unpaired) electrons. The molecule has 0 aromatic carbocycles. The van der Waals surface area contributed by atoms with E-state index in [1.54, 1.807) is 0 Å². The topological polar surface area (TPSA) is 50.1 Å². The average Bonchev–Trinajstić information content (AvgIpc) is 2.13. The van der Waals surface area contributed by atoms with E-state index in [4.69, 9.17) is 9.69 Å². The van der Waals surface area contributed by atoms with Gasteiger partial charge in [0.15, 0.2) is 8.32 Å². The molecule has 0 aliphatic heterocycles. The maximum absolute atomic E-state index is 9.17. The molecule has 0 saturated heterocycles. The molecule has 0 amide bonds. The molecule has 0 aromatic heterocycles. The van der Waals surface area contributed by atoms with Gasteiger partial charge in [0, 0.05) is 6.42 Å². The third-order valence-electron chi connectivity index (χ3n) is 1.18. The van der Waals surface area contributed by atoms with Crippen molar-refractivity contribution in [3.63, 3.8) is 0 Å². The molecule has 0 aliphatic carbocycles. The van der Waals surface area contributed by atoms with Gasteiger partial charge in [-0.25, -0.2) is 0 Å². The molecule has 4 heteroatoms. The maximum Gasteiger partial charge on any atom is 0.185 e. The quantitative estimate of drug-likeness (QED) is 0.535. The Balaban J connectivity index is 0. The number of carbonyl (C=O) groups is 1. The van der Waals surface area contributed by atoms with Crippen molar-refractivity contribution in [2.75, 3.05) is 0 Å². The summed E-state index contributed by atoms with van der Waals surface area (Å²) >= 11 is 0. The smallest absolute Gasteiger partial charge is 0.185 e. The van der Waals surface area contributed by atoms with Crippen LogP contribution in [0.2, 0.25) is 19.6 Å². The second-order valence-corrected chi connectivity index (χ2v) is 8.29. The number of rotatable bonds is 4. The lowest BCUT2D eigenvalue weighted by Gasteiger charge is -2.20. The Morgan fingerprint density at radius 1 is 1.43 bits per heavy atom. The summed E-state index contributed by atoms with van der Waals surface area (Å²) < 4.78 is 5.51. The van der Waals surface area contributed by atoms with Gasteiger partial charge in [-0.15, -0.1) is 0 Å². The molecule has 0 rings (SSSR count). The molecule has 0 heterocycles. The molecule has 0 bridgehead atoms. The second-order valence-electron chi connectivity index (χ2n) is 3.83. The Hall–Kier alpha value is -0.663. The Morgan fingerprint density at radius 3 is 1.93 bits per heavy atom. The van der Waals surface area contributed by atoms with Crippen LogP contribution in [0.1, 0.15) is 26.7 Å². The molecule has 82 valence electrons. The highest BCUT2D eigenvalue weighted by atomic mass is 28.4. The van der Waals surface area contributed by atoms with Crippen molar-refractivity contribution in [1.29, 1.82) is 5.26 Å². The zero-order valence-corrected chi connectivity index (χ0v) is 10.8. The van der Waals surface area contributed by atoms with Gasteiger partial charge in [-0.1, -0.05) is 13.8 Å². The van der Waals surface area contributed by atoms with Gasteiger partial charge in [-0.3, -0.25) is 0 Å². The first-order valence-electron chi connectivity index (χ1n) is 4.92. The van der Waals surface area contributed by atoms with E-state index in [0.29, 0.717) is 6.42 Å². The number of carbonyl (C=O) groups excluding carboxylic acids is 1. The van der Waals surface area contributed by atoms with Crippen molar-refractivity contribution in [1.82, 2.24) is 0 Å². The van der Waals surface area contributed by atoms with E-state index in [-0.39, 0.29) is 6.10 Å². The molecule has 0 aliphatic rings. The number of nitriles is 1. The van der Waals surface area contributed by atoms with Crippen molar-refractivity contribution in [2.45, 2.75) is 52.4 Å². The fraction of sp³-hybridized carbons (Fsp3) is 0.800. The second kappa shape index (κ2) is 8.91. The molecule has 0 saturated carbocycles. The van der Waals surface area contributed by atoms with E-state index < -0.39 is 8.32 Å². The summed E-state index contributed by atoms with van der Waals surface area (Å²) in [5, 5.41) is 8.54. The van der Waals surface area contributed by atoms with Crippen LogP contribution in [0.3, 0.4) is 0 Å². The summed E-state index contributed by atoms with van der Waals surface area (Å²) in [5.41, 5.74) is 0. The molecular weight excluding hydrogens is 194 g/mol. The summed E-state index contributed by atoms with van der Waals surface area (Å²) in [6.45, 7) is 10.0. The lowest BCUT2D eigenvalue weighted by molar-refractivity contribution is -0.107.